The molecule has 0 aliphatic carbocycles. The predicted octanol–water partition coefficient (Wildman–Crippen LogP) is 2.25. The molecule has 2 rings (SSSR count). The molecule has 1 aromatic heterocycles. The number of thiazole rings is 1. The van der Waals surface area contributed by atoms with E-state index in [1.54, 1.807) is 18.3 Å². The van der Waals surface area contributed by atoms with Gasteiger partial charge in [0.2, 0.25) is 5.91 Å². The van der Waals surface area contributed by atoms with Crippen molar-refractivity contribution in [2.45, 2.75) is 32.9 Å². The summed E-state index contributed by atoms with van der Waals surface area (Å²) in [6.07, 6.45) is 0. The molecular formula is C15H19N3OS. The Balaban J connectivity index is 2.06. The molecule has 0 fully saturated rings. The van der Waals surface area contributed by atoms with E-state index in [0.717, 1.165) is 21.1 Å². The summed E-state index contributed by atoms with van der Waals surface area (Å²) in [7, 11) is 0. The molecule has 3 N–H and O–H groups in total. The molecule has 20 heavy (non-hydrogen) atoms. The van der Waals surface area contributed by atoms with Crippen LogP contribution in [-0.4, -0.2) is 10.9 Å². The minimum Gasteiger partial charge on any atom is -0.349 e. The summed E-state index contributed by atoms with van der Waals surface area (Å²) in [5.41, 5.74) is 6.90. The van der Waals surface area contributed by atoms with Gasteiger partial charge in [0.15, 0.2) is 0 Å². The number of nitrogens with one attached hydrogen (secondary N) is 1. The van der Waals surface area contributed by atoms with Gasteiger partial charge in [-0.25, -0.2) is 4.98 Å². The van der Waals surface area contributed by atoms with Crippen LogP contribution in [-0.2, 0) is 16.9 Å². The van der Waals surface area contributed by atoms with Crippen LogP contribution in [0.1, 0.15) is 28.1 Å². The zero-order valence-corrected chi connectivity index (χ0v) is 12.8. The number of carbonyl (C=O) groups excluding carboxylic acids is 1. The quantitative estimate of drug-likeness (QED) is 0.907. The number of rotatable bonds is 4. The number of nitrogens with zero attached hydrogens (tertiary/aromatic N) is 1. The highest BCUT2D eigenvalue weighted by Gasteiger charge is 2.30. The number of hydrogen-bond donors (Lipinski definition) is 2. The smallest absolute Gasteiger partial charge is 0.244 e. The molecule has 1 atom stereocenters. The molecule has 2 aromatic rings. The second-order valence-corrected chi connectivity index (χ2v) is 6.28. The lowest BCUT2D eigenvalue weighted by Crippen LogP contribution is -2.48. The maximum Gasteiger partial charge on any atom is 0.244 e. The third-order valence-electron chi connectivity index (χ3n) is 3.25. The summed E-state index contributed by atoms with van der Waals surface area (Å²) >= 11 is 1.60. The highest BCUT2D eigenvalue weighted by atomic mass is 32.1. The van der Waals surface area contributed by atoms with E-state index < -0.39 is 5.54 Å². The Bertz CT molecular complexity index is 605. The first-order chi connectivity index (χ1) is 9.41. The Kier molecular flexibility index (Phi) is 4.20. The topological polar surface area (TPSA) is 68.0 Å². The standard InChI is InChI=1S/C15H19N3OS/c1-10-13(20-11(2)18-10)9-17-14(19)15(3,16)12-7-5-4-6-8-12/h4-8H,9,16H2,1-3H3,(H,17,19). The van der Waals surface area contributed by atoms with Crippen LogP contribution in [0.25, 0.3) is 0 Å². The normalized spacial score (nSPS) is 13.8. The van der Waals surface area contributed by atoms with E-state index in [1.807, 2.05) is 44.2 Å². The second kappa shape index (κ2) is 5.73. The molecule has 1 unspecified atom stereocenters. The molecule has 0 saturated heterocycles. The maximum atomic E-state index is 12.3. The number of amides is 1. The molecular weight excluding hydrogens is 270 g/mol. The molecule has 1 aromatic carbocycles. The van der Waals surface area contributed by atoms with Crippen molar-refractivity contribution in [2.75, 3.05) is 0 Å². The fourth-order valence-electron chi connectivity index (χ4n) is 2.00. The van der Waals surface area contributed by atoms with Gasteiger partial charge in [0.1, 0.15) is 5.54 Å². The molecule has 0 radical (unpaired) electrons. The highest BCUT2D eigenvalue weighted by molar-refractivity contribution is 7.11. The van der Waals surface area contributed by atoms with Crippen LogP contribution >= 0.6 is 11.3 Å². The lowest BCUT2D eigenvalue weighted by Gasteiger charge is -2.24. The number of carbonyl (C=O) groups is 1. The molecule has 4 nitrogen and oxygen atoms in total. The van der Waals surface area contributed by atoms with Crippen LogP contribution in [0.15, 0.2) is 30.3 Å². The first kappa shape index (κ1) is 14.7. The van der Waals surface area contributed by atoms with Crippen molar-refractivity contribution < 1.29 is 4.79 Å². The van der Waals surface area contributed by atoms with Crippen molar-refractivity contribution in [3.8, 4) is 0 Å². The van der Waals surface area contributed by atoms with Crippen LogP contribution in [0.2, 0.25) is 0 Å². The Hall–Kier alpha value is -1.72. The molecule has 0 aliphatic heterocycles. The molecule has 0 aliphatic rings. The van der Waals surface area contributed by atoms with Crippen molar-refractivity contribution in [1.29, 1.82) is 0 Å². The Morgan fingerprint density at radius 2 is 2.00 bits per heavy atom. The van der Waals surface area contributed by atoms with E-state index in [2.05, 4.69) is 10.3 Å². The van der Waals surface area contributed by atoms with Gasteiger partial charge in [0.05, 0.1) is 17.2 Å². The van der Waals surface area contributed by atoms with Gasteiger partial charge in [-0.15, -0.1) is 11.3 Å². The van der Waals surface area contributed by atoms with Gasteiger partial charge in [-0.2, -0.15) is 0 Å². The van der Waals surface area contributed by atoms with Crippen molar-refractivity contribution >= 4 is 17.2 Å². The van der Waals surface area contributed by atoms with Crippen LogP contribution < -0.4 is 11.1 Å². The number of aromatic nitrogens is 1. The second-order valence-electron chi connectivity index (χ2n) is 4.99. The molecule has 0 spiro atoms. The van der Waals surface area contributed by atoms with Crippen LogP contribution in [0.3, 0.4) is 0 Å². The fraction of sp³-hybridized carbons (Fsp3) is 0.333. The molecule has 0 saturated carbocycles. The van der Waals surface area contributed by atoms with Crippen LogP contribution in [0.5, 0.6) is 0 Å². The van der Waals surface area contributed by atoms with Gasteiger partial charge in [-0.1, -0.05) is 30.3 Å². The fourth-order valence-corrected chi connectivity index (χ4v) is 2.87. The van der Waals surface area contributed by atoms with E-state index in [4.69, 9.17) is 5.73 Å². The zero-order chi connectivity index (χ0) is 14.8. The Labute approximate surface area is 123 Å². The lowest BCUT2D eigenvalue weighted by atomic mass is 9.92. The van der Waals surface area contributed by atoms with Crippen molar-refractivity contribution in [1.82, 2.24) is 10.3 Å². The summed E-state index contributed by atoms with van der Waals surface area (Å²) in [4.78, 5) is 17.7. The Morgan fingerprint density at radius 1 is 1.35 bits per heavy atom. The van der Waals surface area contributed by atoms with E-state index in [9.17, 15) is 4.79 Å². The SMILES string of the molecule is Cc1nc(C)c(CNC(=O)C(C)(N)c2ccccc2)s1. The first-order valence-corrected chi connectivity index (χ1v) is 7.28. The molecule has 1 amide bonds. The number of nitrogens with two attached hydrogens (primary N) is 1. The van der Waals surface area contributed by atoms with Crippen molar-refractivity contribution in [3.05, 3.63) is 51.5 Å². The van der Waals surface area contributed by atoms with Crippen LogP contribution in [0.4, 0.5) is 0 Å². The van der Waals surface area contributed by atoms with Gasteiger partial charge < -0.3 is 11.1 Å². The average Bonchev–Trinajstić information content (AvgIpc) is 2.75. The van der Waals surface area contributed by atoms with Gasteiger partial charge >= 0.3 is 0 Å². The van der Waals surface area contributed by atoms with Gasteiger partial charge in [0.25, 0.3) is 0 Å². The summed E-state index contributed by atoms with van der Waals surface area (Å²) in [6, 6.07) is 9.39. The maximum absolute atomic E-state index is 12.3. The third-order valence-corrected chi connectivity index (χ3v) is 4.33. The number of hydrogen-bond acceptors (Lipinski definition) is 4. The van der Waals surface area contributed by atoms with Crippen LogP contribution in [0, 0.1) is 13.8 Å². The monoisotopic (exact) mass is 289 g/mol. The van der Waals surface area contributed by atoms with Gasteiger partial charge in [0, 0.05) is 4.88 Å². The first-order valence-electron chi connectivity index (χ1n) is 6.47. The molecule has 106 valence electrons. The van der Waals surface area contributed by atoms with Gasteiger partial charge in [-0.3, -0.25) is 4.79 Å². The van der Waals surface area contributed by atoms with E-state index in [-0.39, 0.29) is 5.91 Å². The number of aryl methyl sites for hydroxylation is 2. The average molecular weight is 289 g/mol. The summed E-state index contributed by atoms with van der Waals surface area (Å²) in [5, 5.41) is 3.90. The summed E-state index contributed by atoms with van der Waals surface area (Å²) in [5.74, 6) is -0.186. The minimum atomic E-state index is -1.03. The van der Waals surface area contributed by atoms with E-state index in [1.165, 1.54) is 0 Å². The summed E-state index contributed by atoms with van der Waals surface area (Å²) < 4.78 is 0. The Morgan fingerprint density at radius 3 is 2.55 bits per heavy atom. The summed E-state index contributed by atoms with van der Waals surface area (Å²) in [6.45, 7) is 6.10. The van der Waals surface area contributed by atoms with Gasteiger partial charge in [-0.05, 0) is 26.3 Å². The van der Waals surface area contributed by atoms with Crippen molar-refractivity contribution in [2.24, 2.45) is 5.73 Å². The third kappa shape index (κ3) is 3.05. The van der Waals surface area contributed by atoms with E-state index >= 15 is 0 Å². The highest BCUT2D eigenvalue weighted by Crippen LogP contribution is 2.19. The molecule has 5 heteroatoms. The largest absolute Gasteiger partial charge is 0.349 e. The predicted molar refractivity (Wildman–Crippen MR) is 81.4 cm³/mol. The lowest BCUT2D eigenvalue weighted by molar-refractivity contribution is -0.126. The minimum absolute atomic E-state index is 0.186. The zero-order valence-electron chi connectivity index (χ0n) is 11.9. The molecule has 0 bridgehead atoms. The molecule has 1 heterocycles. The number of benzene rings is 1. The van der Waals surface area contributed by atoms with Crippen molar-refractivity contribution in [3.63, 3.8) is 0 Å². The van der Waals surface area contributed by atoms with E-state index in [0.29, 0.717) is 6.54 Å².